The van der Waals surface area contributed by atoms with E-state index in [0.717, 1.165) is 4.90 Å². The quantitative estimate of drug-likeness (QED) is 0.852. The maximum atomic E-state index is 13.0. The molecule has 0 unspecified atom stereocenters. The summed E-state index contributed by atoms with van der Waals surface area (Å²) < 4.78 is 18.2. The molecule has 0 saturated carbocycles. The number of carbonyl (C=O) groups is 1. The van der Waals surface area contributed by atoms with E-state index in [1.807, 2.05) is 0 Å². The maximum Gasteiger partial charge on any atom is 0.372 e. The van der Waals surface area contributed by atoms with Crippen LogP contribution in [0, 0.1) is 12.7 Å². The summed E-state index contributed by atoms with van der Waals surface area (Å²) in [5.41, 5.74) is 0.584. The Hall–Kier alpha value is -1.46. The summed E-state index contributed by atoms with van der Waals surface area (Å²) in [5, 5.41) is 8.93. The first kappa shape index (κ1) is 14.0. The average molecular weight is 301 g/mol. The summed E-state index contributed by atoms with van der Waals surface area (Å²) in [6.07, 6.45) is 0. The van der Waals surface area contributed by atoms with Crippen LogP contribution in [-0.4, -0.2) is 11.1 Å². The third kappa shape index (κ3) is 3.30. The number of halogens is 2. The largest absolute Gasteiger partial charge is 0.475 e. The third-order valence-corrected chi connectivity index (χ3v) is 3.74. The van der Waals surface area contributed by atoms with Crippen LogP contribution in [0.2, 0.25) is 5.02 Å². The van der Waals surface area contributed by atoms with E-state index in [2.05, 4.69) is 0 Å². The number of aromatic carboxylic acids is 1. The van der Waals surface area contributed by atoms with E-state index in [1.54, 1.807) is 19.1 Å². The van der Waals surface area contributed by atoms with Gasteiger partial charge in [0.15, 0.2) is 0 Å². The molecule has 2 aromatic rings. The Labute approximate surface area is 118 Å². The first-order valence-corrected chi connectivity index (χ1v) is 6.74. The molecule has 0 amide bonds. The van der Waals surface area contributed by atoms with Crippen LogP contribution in [0.4, 0.5) is 4.39 Å². The lowest BCUT2D eigenvalue weighted by Crippen LogP contribution is -1.94. The number of thioether (sulfide) groups is 1. The minimum Gasteiger partial charge on any atom is -0.475 e. The predicted octanol–water partition coefficient (Wildman–Crippen LogP) is 4.37. The van der Waals surface area contributed by atoms with E-state index in [-0.39, 0.29) is 10.8 Å². The first-order chi connectivity index (χ1) is 8.97. The molecule has 1 aromatic heterocycles. The molecule has 0 fully saturated rings. The number of carboxylic acids is 1. The molecule has 0 atom stereocenters. The van der Waals surface area contributed by atoms with Crippen molar-refractivity contribution in [2.24, 2.45) is 0 Å². The SMILES string of the molecule is Cc1cc(CSc2ccc(F)c(Cl)c2)oc1C(=O)O. The van der Waals surface area contributed by atoms with Crippen LogP contribution in [0.1, 0.15) is 21.9 Å². The lowest BCUT2D eigenvalue weighted by molar-refractivity contribution is 0.0659. The van der Waals surface area contributed by atoms with Crippen molar-refractivity contribution < 1.29 is 18.7 Å². The van der Waals surface area contributed by atoms with E-state index in [0.29, 0.717) is 17.1 Å². The summed E-state index contributed by atoms with van der Waals surface area (Å²) in [6, 6.07) is 6.11. The van der Waals surface area contributed by atoms with Crippen molar-refractivity contribution in [1.29, 1.82) is 0 Å². The summed E-state index contributed by atoms with van der Waals surface area (Å²) in [5.74, 6) is -0.588. The zero-order chi connectivity index (χ0) is 14.0. The van der Waals surface area contributed by atoms with E-state index >= 15 is 0 Å². The second kappa shape index (κ2) is 5.67. The lowest BCUT2D eigenvalue weighted by atomic mass is 10.3. The molecule has 100 valence electrons. The Kier molecular flexibility index (Phi) is 4.17. The normalized spacial score (nSPS) is 10.7. The van der Waals surface area contributed by atoms with Gasteiger partial charge in [0.05, 0.1) is 10.8 Å². The van der Waals surface area contributed by atoms with E-state index in [9.17, 15) is 9.18 Å². The van der Waals surface area contributed by atoms with Crippen molar-refractivity contribution in [2.75, 3.05) is 0 Å². The van der Waals surface area contributed by atoms with Gasteiger partial charge in [-0.1, -0.05) is 11.6 Å². The van der Waals surface area contributed by atoms with Crippen molar-refractivity contribution in [3.8, 4) is 0 Å². The molecule has 0 aliphatic rings. The lowest BCUT2D eigenvalue weighted by Gasteiger charge is -2.00. The molecule has 2 rings (SSSR count). The van der Waals surface area contributed by atoms with Crippen LogP contribution in [0.5, 0.6) is 0 Å². The minimum absolute atomic E-state index is 0.0484. The number of benzene rings is 1. The molecule has 0 saturated heterocycles. The highest BCUT2D eigenvalue weighted by atomic mass is 35.5. The van der Waals surface area contributed by atoms with E-state index in [1.165, 1.54) is 23.9 Å². The fourth-order valence-corrected chi connectivity index (χ4v) is 2.61. The molecule has 3 nitrogen and oxygen atoms in total. The summed E-state index contributed by atoms with van der Waals surface area (Å²) in [7, 11) is 0. The molecular formula is C13H10ClFO3S. The average Bonchev–Trinajstić information content (AvgIpc) is 2.72. The number of furan rings is 1. The highest BCUT2D eigenvalue weighted by Gasteiger charge is 2.14. The van der Waals surface area contributed by atoms with Crippen molar-refractivity contribution in [3.05, 3.63) is 52.2 Å². The van der Waals surface area contributed by atoms with Crippen molar-refractivity contribution in [1.82, 2.24) is 0 Å². The number of hydrogen-bond donors (Lipinski definition) is 1. The van der Waals surface area contributed by atoms with Gasteiger partial charge < -0.3 is 9.52 Å². The summed E-state index contributed by atoms with van der Waals surface area (Å²) in [6.45, 7) is 1.68. The van der Waals surface area contributed by atoms with Gasteiger partial charge in [-0.25, -0.2) is 9.18 Å². The van der Waals surface area contributed by atoms with Crippen LogP contribution in [-0.2, 0) is 5.75 Å². The molecule has 6 heteroatoms. The smallest absolute Gasteiger partial charge is 0.372 e. The van der Waals surface area contributed by atoms with Gasteiger partial charge in [-0.2, -0.15) is 0 Å². The van der Waals surface area contributed by atoms with Crippen LogP contribution in [0.15, 0.2) is 33.6 Å². The van der Waals surface area contributed by atoms with Crippen LogP contribution in [0.3, 0.4) is 0 Å². The monoisotopic (exact) mass is 300 g/mol. The minimum atomic E-state index is -1.08. The number of aryl methyl sites for hydroxylation is 1. The van der Waals surface area contributed by atoms with Crippen molar-refractivity contribution >= 4 is 29.3 Å². The zero-order valence-electron chi connectivity index (χ0n) is 9.94. The molecule has 0 aliphatic heterocycles. The molecule has 1 heterocycles. The second-order valence-electron chi connectivity index (χ2n) is 3.89. The van der Waals surface area contributed by atoms with Gasteiger partial charge in [-0.3, -0.25) is 0 Å². The topological polar surface area (TPSA) is 50.4 Å². The van der Waals surface area contributed by atoms with Crippen LogP contribution < -0.4 is 0 Å². The maximum absolute atomic E-state index is 13.0. The van der Waals surface area contributed by atoms with E-state index < -0.39 is 11.8 Å². The van der Waals surface area contributed by atoms with Gasteiger partial charge in [0, 0.05) is 10.5 Å². The molecular weight excluding hydrogens is 291 g/mol. The van der Waals surface area contributed by atoms with E-state index in [4.69, 9.17) is 21.1 Å². The van der Waals surface area contributed by atoms with Crippen molar-refractivity contribution in [2.45, 2.75) is 17.6 Å². The second-order valence-corrected chi connectivity index (χ2v) is 5.35. The Morgan fingerprint density at radius 1 is 1.47 bits per heavy atom. The van der Waals surface area contributed by atoms with Gasteiger partial charge in [-0.15, -0.1) is 11.8 Å². The standard InChI is InChI=1S/C13H10ClFO3S/c1-7-4-8(18-12(7)13(16)17)6-19-9-2-3-11(15)10(14)5-9/h2-5H,6H2,1H3,(H,16,17). The highest BCUT2D eigenvalue weighted by molar-refractivity contribution is 7.98. The van der Waals surface area contributed by atoms with Crippen LogP contribution in [0.25, 0.3) is 0 Å². The van der Waals surface area contributed by atoms with Gasteiger partial charge in [0.25, 0.3) is 0 Å². The number of carboxylic acid groups (broad SMARTS) is 1. The summed E-state index contributed by atoms with van der Waals surface area (Å²) >= 11 is 7.07. The fraction of sp³-hybridized carbons (Fsp3) is 0.154. The molecule has 1 N–H and O–H groups in total. The Morgan fingerprint density at radius 3 is 2.79 bits per heavy atom. The van der Waals surface area contributed by atoms with Crippen LogP contribution >= 0.6 is 23.4 Å². The third-order valence-electron chi connectivity index (χ3n) is 2.44. The molecule has 0 aliphatic carbocycles. The number of rotatable bonds is 4. The number of hydrogen-bond acceptors (Lipinski definition) is 3. The molecule has 0 spiro atoms. The zero-order valence-corrected chi connectivity index (χ0v) is 11.5. The molecule has 1 aromatic carbocycles. The Balaban J connectivity index is 2.08. The van der Waals surface area contributed by atoms with Crippen molar-refractivity contribution in [3.63, 3.8) is 0 Å². The molecule has 0 radical (unpaired) electrons. The van der Waals surface area contributed by atoms with Gasteiger partial charge in [-0.05, 0) is 31.2 Å². The predicted molar refractivity (Wildman–Crippen MR) is 71.4 cm³/mol. The highest BCUT2D eigenvalue weighted by Crippen LogP contribution is 2.28. The summed E-state index contributed by atoms with van der Waals surface area (Å²) in [4.78, 5) is 11.6. The van der Waals surface area contributed by atoms with Gasteiger partial charge in [0.2, 0.25) is 5.76 Å². The Bertz CT molecular complexity index is 624. The van der Waals surface area contributed by atoms with Gasteiger partial charge >= 0.3 is 5.97 Å². The molecule has 19 heavy (non-hydrogen) atoms. The first-order valence-electron chi connectivity index (χ1n) is 5.38. The fourth-order valence-electron chi connectivity index (χ4n) is 1.55. The van der Waals surface area contributed by atoms with Gasteiger partial charge in [0.1, 0.15) is 11.6 Å². The molecule has 0 bridgehead atoms. The Morgan fingerprint density at radius 2 is 2.21 bits per heavy atom.